The molecule has 96 valence electrons. The number of nitrogens with zero attached hydrogens (tertiary/aromatic N) is 1. The molecule has 0 aliphatic rings. The summed E-state index contributed by atoms with van der Waals surface area (Å²) in [7, 11) is 0. The largest absolute Gasteiger partial charge is 0.381 e. The molecule has 0 aliphatic carbocycles. The maximum absolute atomic E-state index is 6.00. The molecule has 0 fully saturated rings. The quantitative estimate of drug-likeness (QED) is 0.841. The van der Waals surface area contributed by atoms with Crippen LogP contribution in [0.5, 0.6) is 0 Å². The van der Waals surface area contributed by atoms with Crippen LogP contribution >= 0.6 is 11.6 Å². The molecule has 1 aromatic carbocycles. The Morgan fingerprint density at radius 1 is 1.28 bits per heavy atom. The molecule has 0 spiro atoms. The van der Waals surface area contributed by atoms with E-state index < -0.39 is 0 Å². The Kier molecular flexibility index (Phi) is 4.32. The molecule has 0 amide bonds. The number of rotatable bonds is 5. The molecule has 0 unspecified atom stereocenters. The summed E-state index contributed by atoms with van der Waals surface area (Å²) >= 11 is 6.00. The zero-order chi connectivity index (χ0) is 13.0. The summed E-state index contributed by atoms with van der Waals surface area (Å²) in [6.07, 6.45) is 5.48. The van der Waals surface area contributed by atoms with Crippen LogP contribution in [0, 0.1) is 6.92 Å². The van der Waals surface area contributed by atoms with Crippen molar-refractivity contribution < 1.29 is 0 Å². The van der Waals surface area contributed by atoms with Crippen molar-refractivity contribution in [1.82, 2.24) is 4.57 Å². The Morgan fingerprint density at radius 2 is 2.11 bits per heavy atom. The molecular weight excluding hydrogens is 244 g/mol. The fourth-order valence-corrected chi connectivity index (χ4v) is 2.15. The second kappa shape index (κ2) is 5.96. The first kappa shape index (κ1) is 13.0. The first-order chi connectivity index (χ1) is 8.69. The van der Waals surface area contributed by atoms with Crippen LogP contribution in [0.1, 0.15) is 24.5 Å². The van der Waals surface area contributed by atoms with Crippen molar-refractivity contribution in [3.05, 3.63) is 52.8 Å². The maximum atomic E-state index is 6.00. The van der Waals surface area contributed by atoms with E-state index >= 15 is 0 Å². The van der Waals surface area contributed by atoms with Gasteiger partial charge in [-0.05, 0) is 42.7 Å². The van der Waals surface area contributed by atoms with Gasteiger partial charge in [-0.15, -0.1) is 0 Å². The lowest BCUT2D eigenvalue weighted by Crippen LogP contribution is -2.00. The first-order valence-corrected chi connectivity index (χ1v) is 6.71. The van der Waals surface area contributed by atoms with Crippen LogP contribution in [0.3, 0.4) is 0 Å². The number of hydrogen-bond acceptors (Lipinski definition) is 1. The van der Waals surface area contributed by atoms with Crippen LogP contribution in [-0.4, -0.2) is 4.57 Å². The molecule has 0 radical (unpaired) electrons. The minimum absolute atomic E-state index is 0.770. The van der Waals surface area contributed by atoms with Crippen LogP contribution in [0.15, 0.2) is 36.7 Å². The van der Waals surface area contributed by atoms with Gasteiger partial charge in [0.1, 0.15) is 0 Å². The Bertz CT molecular complexity index is 517. The summed E-state index contributed by atoms with van der Waals surface area (Å²) in [6, 6.07) is 8.08. The standard InChI is InChI=1S/C15H19ClN2/c1-3-7-18-8-6-13(11-18)10-17-15-9-14(16)5-4-12(15)2/h4-6,8-9,11,17H,3,7,10H2,1-2H3. The molecule has 0 saturated carbocycles. The molecule has 3 heteroatoms. The fourth-order valence-electron chi connectivity index (χ4n) is 1.97. The minimum Gasteiger partial charge on any atom is -0.381 e. The molecule has 1 heterocycles. The Hall–Kier alpha value is -1.41. The van der Waals surface area contributed by atoms with Gasteiger partial charge in [-0.1, -0.05) is 24.6 Å². The van der Waals surface area contributed by atoms with E-state index in [0.29, 0.717) is 0 Å². The van der Waals surface area contributed by atoms with Crippen molar-refractivity contribution in [1.29, 1.82) is 0 Å². The van der Waals surface area contributed by atoms with E-state index in [2.05, 4.69) is 42.2 Å². The molecule has 1 N–H and O–H groups in total. The van der Waals surface area contributed by atoms with Crippen molar-refractivity contribution in [2.75, 3.05) is 5.32 Å². The summed E-state index contributed by atoms with van der Waals surface area (Å²) in [5.74, 6) is 0. The summed E-state index contributed by atoms with van der Waals surface area (Å²) in [5.41, 5.74) is 3.61. The van der Waals surface area contributed by atoms with Crippen LogP contribution in [0.2, 0.25) is 5.02 Å². The molecule has 0 saturated heterocycles. The first-order valence-electron chi connectivity index (χ1n) is 6.33. The highest BCUT2D eigenvalue weighted by Crippen LogP contribution is 2.20. The van der Waals surface area contributed by atoms with Gasteiger partial charge in [0.25, 0.3) is 0 Å². The van der Waals surface area contributed by atoms with Crippen LogP contribution in [0.4, 0.5) is 5.69 Å². The van der Waals surface area contributed by atoms with Crippen molar-refractivity contribution >= 4 is 17.3 Å². The minimum atomic E-state index is 0.770. The van der Waals surface area contributed by atoms with Gasteiger partial charge in [-0.25, -0.2) is 0 Å². The summed E-state index contributed by atoms with van der Waals surface area (Å²) in [5, 5.41) is 4.20. The predicted octanol–water partition coefficient (Wildman–Crippen LogP) is 4.47. The monoisotopic (exact) mass is 262 g/mol. The SMILES string of the molecule is CCCn1ccc(CNc2cc(Cl)ccc2C)c1. The normalized spacial score (nSPS) is 10.6. The number of nitrogens with one attached hydrogen (secondary N) is 1. The average Bonchev–Trinajstić information content (AvgIpc) is 2.79. The maximum Gasteiger partial charge on any atom is 0.0426 e. The number of benzene rings is 1. The molecule has 2 nitrogen and oxygen atoms in total. The lowest BCUT2D eigenvalue weighted by atomic mass is 10.2. The van der Waals surface area contributed by atoms with E-state index in [-0.39, 0.29) is 0 Å². The number of hydrogen-bond donors (Lipinski definition) is 1. The van der Waals surface area contributed by atoms with Crippen LogP contribution in [0.25, 0.3) is 0 Å². The molecule has 18 heavy (non-hydrogen) atoms. The van der Waals surface area contributed by atoms with Crippen molar-refractivity contribution in [2.45, 2.75) is 33.4 Å². The van der Waals surface area contributed by atoms with Gasteiger partial charge in [-0.3, -0.25) is 0 Å². The zero-order valence-electron chi connectivity index (χ0n) is 10.9. The third kappa shape index (κ3) is 3.30. The molecule has 0 bridgehead atoms. The summed E-state index contributed by atoms with van der Waals surface area (Å²) < 4.78 is 2.22. The molecule has 2 aromatic rings. The molecule has 1 aromatic heterocycles. The van der Waals surface area contributed by atoms with Gasteiger partial charge in [0.2, 0.25) is 0 Å². The Balaban J connectivity index is 1.99. The number of aromatic nitrogens is 1. The van der Waals surface area contributed by atoms with Crippen molar-refractivity contribution in [3.8, 4) is 0 Å². The fraction of sp³-hybridized carbons (Fsp3) is 0.333. The second-order valence-electron chi connectivity index (χ2n) is 4.57. The van der Waals surface area contributed by atoms with Gasteiger partial charge in [-0.2, -0.15) is 0 Å². The third-order valence-corrected chi connectivity index (χ3v) is 3.21. The number of anilines is 1. The van der Waals surface area contributed by atoms with Crippen molar-refractivity contribution in [3.63, 3.8) is 0 Å². The van der Waals surface area contributed by atoms with Crippen molar-refractivity contribution in [2.24, 2.45) is 0 Å². The second-order valence-corrected chi connectivity index (χ2v) is 5.01. The topological polar surface area (TPSA) is 17.0 Å². The van der Waals surface area contributed by atoms with Crippen LogP contribution in [-0.2, 0) is 13.1 Å². The Morgan fingerprint density at radius 3 is 2.89 bits per heavy atom. The number of aryl methyl sites for hydroxylation is 2. The van der Waals surface area contributed by atoms with Crippen LogP contribution < -0.4 is 5.32 Å². The van der Waals surface area contributed by atoms with E-state index in [1.165, 1.54) is 11.1 Å². The highest BCUT2D eigenvalue weighted by Gasteiger charge is 2.00. The van der Waals surface area contributed by atoms with Gasteiger partial charge in [0.05, 0.1) is 0 Å². The van der Waals surface area contributed by atoms with Gasteiger partial charge in [0.15, 0.2) is 0 Å². The highest BCUT2D eigenvalue weighted by atomic mass is 35.5. The molecule has 0 aliphatic heterocycles. The highest BCUT2D eigenvalue weighted by molar-refractivity contribution is 6.30. The van der Waals surface area contributed by atoms with E-state index in [1.54, 1.807) is 0 Å². The average molecular weight is 263 g/mol. The molecular formula is C15H19ClN2. The van der Waals surface area contributed by atoms with E-state index in [0.717, 1.165) is 30.2 Å². The van der Waals surface area contributed by atoms with E-state index in [4.69, 9.17) is 11.6 Å². The van der Waals surface area contributed by atoms with Gasteiger partial charge < -0.3 is 9.88 Å². The smallest absolute Gasteiger partial charge is 0.0426 e. The zero-order valence-corrected chi connectivity index (χ0v) is 11.7. The number of halogens is 1. The van der Waals surface area contributed by atoms with Gasteiger partial charge in [0, 0.05) is 36.2 Å². The molecule has 2 rings (SSSR count). The van der Waals surface area contributed by atoms with E-state index in [1.807, 2.05) is 18.2 Å². The predicted molar refractivity (Wildman–Crippen MR) is 78.2 cm³/mol. The Labute approximate surface area is 114 Å². The van der Waals surface area contributed by atoms with E-state index in [9.17, 15) is 0 Å². The lowest BCUT2D eigenvalue weighted by molar-refractivity contribution is 0.681. The van der Waals surface area contributed by atoms with Gasteiger partial charge >= 0.3 is 0 Å². The molecule has 0 atom stereocenters. The summed E-state index contributed by atoms with van der Waals surface area (Å²) in [4.78, 5) is 0. The summed E-state index contributed by atoms with van der Waals surface area (Å²) in [6.45, 7) is 6.18. The third-order valence-electron chi connectivity index (χ3n) is 2.98. The lowest BCUT2D eigenvalue weighted by Gasteiger charge is -2.09.